The van der Waals surface area contributed by atoms with Gasteiger partial charge in [-0.2, -0.15) is 13.2 Å². The molecule has 0 saturated heterocycles. The molecular formula is C16H12Cl2F3NO. The van der Waals surface area contributed by atoms with Crippen LogP contribution in [0.3, 0.4) is 0 Å². The Morgan fingerprint density at radius 1 is 1.13 bits per heavy atom. The fourth-order valence-electron chi connectivity index (χ4n) is 2.54. The Kier molecular flexibility index (Phi) is 4.43. The van der Waals surface area contributed by atoms with E-state index >= 15 is 0 Å². The largest absolute Gasteiger partial charge is 0.492 e. The maximum Gasteiger partial charge on any atom is 0.422 e. The molecular weight excluding hydrogens is 350 g/mol. The highest BCUT2D eigenvalue weighted by molar-refractivity contribution is 6.30. The fourth-order valence-corrected chi connectivity index (χ4v) is 2.93. The van der Waals surface area contributed by atoms with Gasteiger partial charge in [0.2, 0.25) is 0 Å². The Hall–Kier alpha value is -1.46. The lowest BCUT2D eigenvalue weighted by Gasteiger charge is -2.14. The molecule has 1 aliphatic rings. The average Bonchev–Trinajstić information content (AvgIpc) is 3.24. The molecule has 7 heteroatoms. The predicted molar refractivity (Wildman–Crippen MR) is 82.0 cm³/mol. The van der Waals surface area contributed by atoms with Gasteiger partial charge in [-0.1, -0.05) is 35.3 Å². The molecule has 0 aliphatic heterocycles. The van der Waals surface area contributed by atoms with Crippen LogP contribution in [0.15, 0.2) is 36.5 Å². The zero-order valence-electron chi connectivity index (χ0n) is 11.8. The van der Waals surface area contributed by atoms with Gasteiger partial charge in [0.1, 0.15) is 16.5 Å². The summed E-state index contributed by atoms with van der Waals surface area (Å²) in [5, 5.41) is 0.0588. The van der Waals surface area contributed by atoms with Crippen LogP contribution in [0.4, 0.5) is 13.2 Å². The van der Waals surface area contributed by atoms with Crippen molar-refractivity contribution in [1.82, 2.24) is 4.98 Å². The first-order chi connectivity index (χ1) is 10.9. The number of ether oxygens (including phenoxy) is 1. The van der Waals surface area contributed by atoms with Crippen LogP contribution in [0.25, 0.3) is 0 Å². The Labute approximate surface area is 141 Å². The van der Waals surface area contributed by atoms with Crippen LogP contribution >= 0.6 is 23.2 Å². The summed E-state index contributed by atoms with van der Waals surface area (Å²) in [4.78, 5) is 3.47. The third-order valence-corrected chi connectivity index (χ3v) is 4.36. The summed E-state index contributed by atoms with van der Waals surface area (Å²) in [6, 6.07) is 8.65. The molecule has 0 amide bonds. The van der Waals surface area contributed by atoms with Crippen molar-refractivity contribution in [3.63, 3.8) is 0 Å². The Morgan fingerprint density at radius 2 is 1.83 bits per heavy atom. The molecule has 0 radical (unpaired) electrons. The molecule has 23 heavy (non-hydrogen) atoms. The zero-order valence-corrected chi connectivity index (χ0v) is 13.3. The SMILES string of the molecule is FC(F)(F)c1c(OCC2CC2c2ccc(Cl)cc2)ccnc1Cl. The first-order valence-electron chi connectivity index (χ1n) is 6.96. The number of aromatic nitrogens is 1. The summed E-state index contributed by atoms with van der Waals surface area (Å²) >= 11 is 11.4. The summed E-state index contributed by atoms with van der Waals surface area (Å²) in [5.74, 6) is 0.197. The molecule has 1 aromatic heterocycles. The van der Waals surface area contributed by atoms with E-state index in [1.165, 1.54) is 12.3 Å². The smallest absolute Gasteiger partial charge is 0.422 e. The summed E-state index contributed by atoms with van der Waals surface area (Å²) in [6.07, 6.45) is -2.52. The van der Waals surface area contributed by atoms with Crippen molar-refractivity contribution < 1.29 is 17.9 Å². The highest BCUT2D eigenvalue weighted by Crippen LogP contribution is 2.48. The molecule has 2 atom stereocenters. The van der Waals surface area contributed by atoms with Gasteiger partial charge in [-0.15, -0.1) is 0 Å². The van der Waals surface area contributed by atoms with Crippen molar-refractivity contribution in [2.24, 2.45) is 5.92 Å². The first kappa shape index (κ1) is 16.4. The van der Waals surface area contributed by atoms with E-state index in [1.54, 1.807) is 12.1 Å². The van der Waals surface area contributed by atoms with Crippen molar-refractivity contribution in [3.05, 3.63) is 57.8 Å². The van der Waals surface area contributed by atoms with Crippen LogP contribution in [0.1, 0.15) is 23.5 Å². The third kappa shape index (κ3) is 3.72. The molecule has 2 aromatic rings. The number of rotatable bonds is 4. The van der Waals surface area contributed by atoms with Crippen LogP contribution in [-0.2, 0) is 6.18 Å². The minimum absolute atomic E-state index is 0.184. The predicted octanol–water partition coefficient (Wildman–Crippen LogP) is 5.59. The Bertz CT molecular complexity index is 703. The first-order valence-corrected chi connectivity index (χ1v) is 7.72. The van der Waals surface area contributed by atoms with Gasteiger partial charge < -0.3 is 4.74 Å². The van der Waals surface area contributed by atoms with Gasteiger partial charge in [-0.25, -0.2) is 4.98 Å². The second kappa shape index (κ2) is 6.21. The zero-order chi connectivity index (χ0) is 16.6. The standard InChI is InChI=1S/C16H12Cl2F3NO/c17-11-3-1-9(2-4-11)12-7-10(12)8-23-13-5-6-22-15(18)14(13)16(19,20)21/h1-6,10,12H,7-8H2. The molecule has 1 saturated carbocycles. The van der Waals surface area contributed by atoms with Gasteiger partial charge >= 0.3 is 6.18 Å². The van der Waals surface area contributed by atoms with Crippen molar-refractivity contribution in [2.45, 2.75) is 18.5 Å². The number of hydrogen-bond acceptors (Lipinski definition) is 2. The molecule has 0 bridgehead atoms. The van der Waals surface area contributed by atoms with Crippen molar-refractivity contribution >= 4 is 23.2 Å². The molecule has 122 valence electrons. The number of pyridine rings is 1. The average molecular weight is 362 g/mol. The maximum absolute atomic E-state index is 13.0. The molecule has 1 heterocycles. The summed E-state index contributed by atoms with van der Waals surface area (Å²) in [6.45, 7) is 0.205. The molecule has 2 unspecified atom stereocenters. The summed E-state index contributed by atoms with van der Waals surface area (Å²) in [5.41, 5.74) is 0.0946. The molecule has 0 N–H and O–H groups in total. The van der Waals surface area contributed by atoms with Crippen LogP contribution in [-0.4, -0.2) is 11.6 Å². The van der Waals surface area contributed by atoms with Gasteiger partial charge in [0, 0.05) is 17.1 Å². The minimum atomic E-state index is -4.60. The van der Waals surface area contributed by atoms with Crippen LogP contribution in [0.2, 0.25) is 10.2 Å². The summed E-state index contributed by atoms with van der Waals surface area (Å²) < 4.78 is 44.4. The lowest BCUT2D eigenvalue weighted by atomic mass is 10.1. The number of benzene rings is 1. The van der Waals surface area contributed by atoms with E-state index in [1.807, 2.05) is 12.1 Å². The van der Waals surface area contributed by atoms with E-state index < -0.39 is 16.9 Å². The molecule has 1 fully saturated rings. The van der Waals surface area contributed by atoms with Gasteiger partial charge in [0.05, 0.1) is 6.61 Å². The molecule has 2 nitrogen and oxygen atoms in total. The van der Waals surface area contributed by atoms with Crippen molar-refractivity contribution in [2.75, 3.05) is 6.61 Å². The lowest BCUT2D eigenvalue weighted by molar-refractivity contribution is -0.139. The molecule has 1 aromatic carbocycles. The number of alkyl halides is 3. The van der Waals surface area contributed by atoms with E-state index in [-0.39, 0.29) is 18.3 Å². The summed E-state index contributed by atoms with van der Waals surface area (Å²) in [7, 11) is 0. The second-order valence-corrected chi connectivity index (χ2v) is 6.23. The quantitative estimate of drug-likeness (QED) is 0.662. The number of halogens is 5. The Morgan fingerprint density at radius 3 is 2.48 bits per heavy atom. The number of hydrogen-bond donors (Lipinski definition) is 0. The fraction of sp³-hybridized carbons (Fsp3) is 0.312. The minimum Gasteiger partial charge on any atom is -0.492 e. The van der Waals surface area contributed by atoms with E-state index in [0.29, 0.717) is 10.9 Å². The van der Waals surface area contributed by atoms with Gasteiger partial charge in [0.15, 0.2) is 0 Å². The molecule has 0 spiro atoms. The normalized spacial score (nSPS) is 20.4. The van der Waals surface area contributed by atoms with E-state index in [0.717, 1.165) is 12.0 Å². The Balaban J connectivity index is 1.67. The van der Waals surface area contributed by atoms with Gasteiger partial charge in [-0.3, -0.25) is 0 Å². The maximum atomic E-state index is 13.0. The van der Waals surface area contributed by atoms with Gasteiger partial charge in [0.25, 0.3) is 0 Å². The van der Waals surface area contributed by atoms with E-state index in [2.05, 4.69) is 4.98 Å². The van der Waals surface area contributed by atoms with Crippen LogP contribution in [0, 0.1) is 5.92 Å². The van der Waals surface area contributed by atoms with Crippen molar-refractivity contribution in [1.29, 1.82) is 0 Å². The van der Waals surface area contributed by atoms with Crippen LogP contribution in [0.5, 0.6) is 5.75 Å². The highest BCUT2D eigenvalue weighted by Gasteiger charge is 2.41. The monoisotopic (exact) mass is 361 g/mol. The topological polar surface area (TPSA) is 22.1 Å². The number of nitrogens with zero attached hydrogens (tertiary/aromatic N) is 1. The van der Waals surface area contributed by atoms with Gasteiger partial charge in [-0.05, 0) is 36.1 Å². The van der Waals surface area contributed by atoms with E-state index in [9.17, 15) is 13.2 Å². The third-order valence-electron chi connectivity index (χ3n) is 3.82. The molecule has 3 rings (SSSR count). The molecule has 1 aliphatic carbocycles. The highest BCUT2D eigenvalue weighted by atomic mass is 35.5. The van der Waals surface area contributed by atoms with E-state index in [4.69, 9.17) is 27.9 Å². The van der Waals surface area contributed by atoms with Crippen LogP contribution < -0.4 is 4.74 Å². The van der Waals surface area contributed by atoms with Crippen molar-refractivity contribution in [3.8, 4) is 5.75 Å². The lowest BCUT2D eigenvalue weighted by Crippen LogP contribution is -2.12. The second-order valence-electron chi connectivity index (χ2n) is 5.44.